The fourth-order valence-electron chi connectivity index (χ4n) is 3.53. The monoisotopic (exact) mass is 343 g/mol. The fourth-order valence-corrected chi connectivity index (χ4v) is 3.53. The van der Waals surface area contributed by atoms with Crippen molar-refractivity contribution in [3.8, 4) is 0 Å². The van der Waals surface area contributed by atoms with E-state index in [2.05, 4.69) is 5.10 Å². The minimum absolute atomic E-state index is 0.0349. The molecule has 2 aliphatic rings. The molecule has 1 aromatic carbocycles. The standard InChI is InChI=1S/C19H25N3O3/c1-14-10-12-22(20-14)17-7-5-16(6-8-17)19(25)21-11-2-3-15(13-21)4-9-18(23)24/h5-8,15H,2-4,9-13H2,1H3,(H,23,24). The molecule has 1 amide bonds. The van der Waals surface area contributed by atoms with E-state index in [4.69, 9.17) is 5.11 Å². The maximum Gasteiger partial charge on any atom is 0.303 e. The first-order valence-corrected chi connectivity index (χ1v) is 8.95. The number of amides is 1. The van der Waals surface area contributed by atoms with Crippen molar-refractivity contribution in [2.24, 2.45) is 11.0 Å². The Labute approximate surface area is 148 Å². The lowest BCUT2D eigenvalue weighted by molar-refractivity contribution is -0.137. The van der Waals surface area contributed by atoms with Gasteiger partial charge >= 0.3 is 5.97 Å². The molecule has 0 aliphatic carbocycles. The van der Waals surface area contributed by atoms with Gasteiger partial charge in [0.25, 0.3) is 5.91 Å². The molecule has 0 saturated carbocycles. The van der Waals surface area contributed by atoms with Crippen LogP contribution in [0.3, 0.4) is 0 Å². The van der Waals surface area contributed by atoms with Crippen molar-refractivity contribution in [3.05, 3.63) is 29.8 Å². The number of hydrogen-bond donors (Lipinski definition) is 1. The molecule has 134 valence electrons. The third-order valence-electron chi connectivity index (χ3n) is 4.96. The number of carbonyl (C=O) groups excluding carboxylic acids is 1. The first-order valence-electron chi connectivity index (χ1n) is 8.95. The van der Waals surface area contributed by atoms with Gasteiger partial charge in [-0.2, -0.15) is 5.10 Å². The van der Waals surface area contributed by atoms with Crippen LogP contribution in [0.2, 0.25) is 0 Å². The summed E-state index contributed by atoms with van der Waals surface area (Å²) in [7, 11) is 0. The number of hydrogen-bond acceptors (Lipinski definition) is 4. The van der Waals surface area contributed by atoms with Crippen molar-refractivity contribution in [1.29, 1.82) is 0 Å². The minimum Gasteiger partial charge on any atom is -0.481 e. The van der Waals surface area contributed by atoms with Gasteiger partial charge in [-0.3, -0.25) is 14.6 Å². The summed E-state index contributed by atoms with van der Waals surface area (Å²) in [6.07, 6.45) is 3.74. The molecule has 0 spiro atoms. The zero-order valence-corrected chi connectivity index (χ0v) is 14.6. The van der Waals surface area contributed by atoms with Gasteiger partial charge in [0.1, 0.15) is 0 Å². The van der Waals surface area contributed by atoms with E-state index in [1.54, 1.807) is 0 Å². The second kappa shape index (κ2) is 7.68. The van der Waals surface area contributed by atoms with Crippen LogP contribution < -0.4 is 5.01 Å². The van der Waals surface area contributed by atoms with Gasteiger partial charge in [0.15, 0.2) is 0 Å². The summed E-state index contributed by atoms with van der Waals surface area (Å²) in [6, 6.07) is 7.62. The Balaban J connectivity index is 1.61. The topological polar surface area (TPSA) is 73.2 Å². The van der Waals surface area contributed by atoms with Crippen LogP contribution in [0.5, 0.6) is 0 Å². The van der Waals surface area contributed by atoms with Gasteiger partial charge < -0.3 is 10.0 Å². The number of nitrogens with zero attached hydrogens (tertiary/aromatic N) is 3. The lowest BCUT2D eigenvalue weighted by Crippen LogP contribution is -2.40. The van der Waals surface area contributed by atoms with E-state index in [0.717, 1.165) is 43.8 Å². The van der Waals surface area contributed by atoms with E-state index >= 15 is 0 Å². The Morgan fingerprint density at radius 1 is 1.24 bits per heavy atom. The number of carboxylic acids is 1. The number of anilines is 1. The second-order valence-electron chi connectivity index (χ2n) is 6.95. The number of piperidine rings is 1. The zero-order valence-electron chi connectivity index (χ0n) is 14.6. The Morgan fingerprint density at radius 2 is 2.00 bits per heavy atom. The summed E-state index contributed by atoms with van der Waals surface area (Å²) in [5.74, 6) is -0.443. The highest BCUT2D eigenvalue weighted by molar-refractivity contribution is 5.94. The quantitative estimate of drug-likeness (QED) is 0.892. The molecule has 3 rings (SSSR count). The third-order valence-corrected chi connectivity index (χ3v) is 4.96. The van der Waals surface area contributed by atoms with E-state index < -0.39 is 5.97 Å². The average Bonchev–Trinajstić information content (AvgIpc) is 3.06. The van der Waals surface area contributed by atoms with Gasteiger partial charge in [-0.25, -0.2) is 0 Å². The lowest BCUT2D eigenvalue weighted by atomic mass is 9.93. The molecule has 2 heterocycles. The minimum atomic E-state index is -0.765. The molecule has 1 saturated heterocycles. The van der Waals surface area contributed by atoms with Gasteiger partial charge in [-0.1, -0.05) is 0 Å². The molecule has 6 nitrogen and oxygen atoms in total. The maximum atomic E-state index is 12.7. The van der Waals surface area contributed by atoms with E-state index in [1.165, 1.54) is 0 Å². The molecule has 0 radical (unpaired) electrons. The molecule has 0 aromatic heterocycles. The molecule has 2 aliphatic heterocycles. The van der Waals surface area contributed by atoms with E-state index in [0.29, 0.717) is 18.5 Å². The molecular weight excluding hydrogens is 318 g/mol. The number of benzene rings is 1. The first kappa shape index (κ1) is 17.5. The van der Waals surface area contributed by atoms with Crippen LogP contribution in [0.25, 0.3) is 0 Å². The molecule has 6 heteroatoms. The molecule has 1 unspecified atom stereocenters. The predicted molar refractivity (Wildman–Crippen MR) is 97.0 cm³/mol. The van der Waals surface area contributed by atoms with Crippen molar-refractivity contribution in [3.63, 3.8) is 0 Å². The van der Waals surface area contributed by atoms with Crippen LogP contribution in [0.4, 0.5) is 5.69 Å². The predicted octanol–water partition coefficient (Wildman–Crippen LogP) is 2.99. The molecule has 25 heavy (non-hydrogen) atoms. The normalized spacial score (nSPS) is 20.5. The second-order valence-corrected chi connectivity index (χ2v) is 6.95. The summed E-state index contributed by atoms with van der Waals surface area (Å²) < 4.78 is 0. The fraction of sp³-hybridized carbons (Fsp3) is 0.526. The first-order chi connectivity index (χ1) is 12.0. The number of rotatable bonds is 5. The Hall–Kier alpha value is -2.37. The SMILES string of the molecule is CC1=NN(c2ccc(C(=O)N3CCCC(CCC(=O)O)C3)cc2)CC1. The van der Waals surface area contributed by atoms with Crippen molar-refractivity contribution in [2.75, 3.05) is 24.6 Å². The van der Waals surface area contributed by atoms with Gasteiger partial charge in [0, 0.05) is 43.8 Å². The van der Waals surface area contributed by atoms with Crippen LogP contribution >= 0.6 is 0 Å². The molecule has 1 fully saturated rings. The van der Waals surface area contributed by atoms with E-state index in [9.17, 15) is 9.59 Å². The average molecular weight is 343 g/mol. The zero-order chi connectivity index (χ0) is 17.8. The molecule has 1 atom stereocenters. The van der Waals surface area contributed by atoms with Crippen LogP contribution in [-0.2, 0) is 4.79 Å². The van der Waals surface area contributed by atoms with Crippen molar-refractivity contribution in [1.82, 2.24) is 4.90 Å². The van der Waals surface area contributed by atoms with Gasteiger partial charge in [-0.15, -0.1) is 0 Å². The molecule has 1 aromatic rings. The number of likely N-dealkylation sites (tertiary alicyclic amines) is 1. The number of carboxylic acid groups (broad SMARTS) is 1. The van der Waals surface area contributed by atoms with Crippen LogP contribution in [-0.4, -0.2) is 47.2 Å². The van der Waals surface area contributed by atoms with Gasteiger partial charge in [-0.05, 0) is 56.4 Å². The van der Waals surface area contributed by atoms with E-state index in [1.807, 2.05) is 41.1 Å². The molecule has 1 N–H and O–H groups in total. The van der Waals surface area contributed by atoms with Gasteiger partial charge in [0.05, 0.1) is 5.69 Å². The lowest BCUT2D eigenvalue weighted by Gasteiger charge is -2.32. The molecule has 0 bridgehead atoms. The number of aliphatic carboxylic acids is 1. The highest BCUT2D eigenvalue weighted by Gasteiger charge is 2.25. The molecular formula is C19H25N3O3. The van der Waals surface area contributed by atoms with Crippen molar-refractivity contribution >= 4 is 23.3 Å². The van der Waals surface area contributed by atoms with Crippen molar-refractivity contribution in [2.45, 2.75) is 39.0 Å². The highest BCUT2D eigenvalue weighted by Crippen LogP contribution is 2.24. The Morgan fingerprint density at radius 3 is 2.64 bits per heavy atom. The summed E-state index contributed by atoms with van der Waals surface area (Å²) >= 11 is 0. The summed E-state index contributed by atoms with van der Waals surface area (Å²) in [5, 5.41) is 15.3. The third kappa shape index (κ3) is 4.38. The van der Waals surface area contributed by atoms with Crippen LogP contribution in [0, 0.1) is 5.92 Å². The smallest absolute Gasteiger partial charge is 0.303 e. The highest BCUT2D eigenvalue weighted by atomic mass is 16.4. The number of carbonyl (C=O) groups is 2. The van der Waals surface area contributed by atoms with E-state index in [-0.39, 0.29) is 18.2 Å². The van der Waals surface area contributed by atoms with Crippen LogP contribution in [0.15, 0.2) is 29.4 Å². The van der Waals surface area contributed by atoms with Crippen molar-refractivity contribution < 1.29 is 14.7 Å². The summed E-state index contributed by atoms with van der Waals surface area (Å²) in [6.45, 7) is 4.31. The maximum absolute atomic E-state index is 12.7. The Bertz CT molecular complexity index is 669. The van der Waals surface area contributed by atoms with Gasteiger partial charge in [0.2, 0.25) is 0 Å². The summed E-state index contributed by atoms with van der Waals surface area (Å²) in [4.78, 5) is 25.3. The summed E-state index contributed by atoms with van der Waals surface area (Å²) in [5.41, 5.74) is 2.81. The number of hydrazone groups is 1. The Kier molecular flexibility index (Phi) is 5.36. The van der Waals surface area contributed by atoms with Crippen LogP contribution in [0.1, 0.15) is 49.4 Å². The largest absolute Gasteiger partial charge is 0.481 e.